The zero-order valence-corrected chi connectivity index (χ0v) is 18.5. The molecule has 31 heavy (non-hydrogen) atoms. The highest BCUT2D eigenvalue weighted by atomic mass is 32.1. The molecule has 0 saturated carbocycles. The number of carbonyl (C=O) groups is 1. The van der Waals surface area contributed by atoms with Crippen LogP contribution in [0.5, 0.6) is 0 Å². The maximum absolute atomic E-state index is 13.5. The summed E-state index contributed by atoms with van der Waals surface area (Å²) in [5.41, 5.74) is 3.08. The van der Waals surface area contributed by atoms with E-state index >= 15 is 0 Å². The molecule has 0 bridgehead atoms. The topological polar surface area (TPSA) is 64.0 Å². The molecule has 2 atom stereocenters. The van der Waals surface area contributed by atoms with Gasteiger partial charge in [0.15, 0.2) is 0 Å². The van der Waals surface area contributed by atoms with Gasteiger partial charge in [-0.1, -0.05) is 49.4 Å². The fraction of sp³-hybridized carbons (Fsp3) is 0.320. The van der Waals surface area contributed by atoms with Crippen LogP contribution in [0.2, 0.25) is 0 Å². The normalized spacial score (nSPS) is 16.9. The zero-order valence-electron chi connectivity index (χ0n) is 17.7. The zero-order chi connectivity index (χ0) is 21.5. The Morgan fingerprint density at radius 3 is 2.84 bits per heavy atom. The van der Waals surface area contributed by atoms with Crippen molar-refractivity contribution >= 4 is 37.4 Å². The van der Waals surface area contributed by atoms with Gasteiger partial charge < -0.3 is 5.32 Å². The highest BCUT2D eigenvalue weighted by Crippen LogP contribution is 2.33. The van der Waals surface area contributed by atoms with Gasteiger partial charge in [0, 0.05) is 10.1 Å². The molecule has 0 unspecified atom stereocenters. The van der Waals surface area contributed by atoms with Gasteiger partial charge in [-0.15, -0.1) is 11.3 Å². The number of nitrogens with one attached hydrogen (secondary N) is 1. The Kier molecular flexibility index (Phi) is 5.10. The van der Waals surface area contributed by atoms with Crippen LogP contribution in [0.15, 0.2) is 53.3 Å². The van der Waals surface area contributed by atoms with Crippen molar-refractivity contribution in [2.75, 3.05) is 0 Å². The van der Waals surface area contributed by atoms with Gasteiger partial charge in [0.05, 0.1) is 21.8 Å². The second-order valence-electron chi connectivity index (χ2n) is 8.21. The number of hydrogen-bond donors (Lipinski definition) is 1. The summed E-state index contributed by atoms with van der Waals surface area (Å²) in [7, 11) is 0. The van der Waals surface area contributed by atoms with E-state index in [-0.39, 0.29) is 17.5 Å². The second kappa shape index (κ2) is 7.93. The Balaban J connectivity index is 1.54. The lowest BCUT2D eigenvalue weighted by molar-refractivity contribution is -0.125. The molecule has 1 N–H and O–H groups in total. The van der Waals surface area contributed by atoms with Crippen molar-refractivity contribution in [3.05, 3.63) is 75.7 Å². The number of carbonyl (C=O) groups excluding carboxylic acids is 1. The molecule has 0 saturated heterocycles. The summed E-state index contributed by atoms with van der Waals surface area (Å²) >= 11 is 1.58. The van der Waals surface area contributed by atoms with E-state index in [0.717, 1.165) is 39.7 Å². The van der Waals surface area contributed by atoms with Crippen LogP contribution in [0.3, 0.4) is 0 Å². The smallest absolute Gasteiger partial charge is 0.276 e. The fourth-order valence-corrected chi connectivity index (χ4v) is 5.87. The number of hydrogen-bond acceptors (Lipinski definition) is 4. The average Bonchev–Trinajstić information content (AvgIpc) is 3.18. The summed E-state index contributed by atoms with van der Waals surface area (Å²) in [6.45, 7) is 3.84. The SMILES string of the molecule is CC[C@H](C(=O)N[C@H]1CCCc2ccccc21)n1nc(C)c2sc3ccccc3c2c1=O. The van der Waals surface area contributed by atoms with Crippen molar-refractivity contribution in [3.8, 4) is 0 Å². The third-order valence-electron chi connectivity index (χ3n) is 6.27. The maximum Gasteiger partial charge on any atom is 0.276 e. The van der Waals surface area contributed by atoms with Gasteiger partial charge in [0.1, 0.15) is 6.04 Å². The molecule has 2 aromatic heterocycles. The van der Waals surface area contributed by atoms with Crippen molar-refractivity contribution in [2.45, 2.75) is 51.6 Å². The molecule has 0 spiro atoms. The Labute approximate surface area is 184 Å². The number of thiophene rings is 1. The first-order valence-corrected chi connectivity index (χ1v) is 11.7. The molecule has 5 nitrogen and oxygen atoms in total. The van der Waals surface area contributed by atoms with E-state index < -0.39 is 6.04 Å². The van der Waals surface area contributed by atoms with Crippen LogP contribution in [-0.4, -0.2) is 15.7 Å². The van der Waals surface area contributed by atoms with Gasteiger partial charge in [0.2, 0.25) is 5.91 Å². The summed E-state index contributed by atoms with van der Waals surface area (Å²) in [5, 5.41) is 9.40. The average molecular weight is 432 g/mol. The first-order valence-electron chi connectivity index (χ1n) is 10.9. The lowest BCUT2D eigenvalue weighted by Crippen LogP contribution is -2.40. The van der Waals surface area contributed by atoms with Crippen LogP contribution in [0, 0.1) is 6.92 Å². The first-order chi connectivity index (χ1) is 15.1. The molecule has 1 aliphatic rings. The van der Waals surface area contributed by atoms with E-state index in [2.05, 4.69) is 22.5 Å². The number of nitrogens with zero attached hydrogens (tertiary/aromatic N) is 2. The van der Waals surface area contributed by atoms with Crippen molar-refractivity contribution < 1.29 is 4.79 Å². The first kappa shape index (κ1) is 19.9. The van der Waals surface area contributed by atoms with Crippen LogP contribution in [0.25, 0.3) is 20.2 Å². The summed E-state index contributed by atoms with van der Waals surface area (Å²) < 4.78 is 3.37. The molecule has 1 amide bonds. The largest absolute Gasteiger partial charge is 0.347 e. The minimum Gasteiger partial charge on any atom is -0.347 e. The lowest BCUT2D eigenvalue weighted by Gasteiger charge is -2.28. The Morgan fingerprint density at radius 1 is 1.23 bits per heavy atom. The van der Waals surface area contributed by atoms with Gasteiger partial charge >= 0.3 is 0 Å². The molecule has 4 aromatic rings. The molecule has 0 fully saturated rings. The monoisotopic (exact) mass is 431 g/mol. The predicted molar refractivity (Wildman–Crippen MR) is 126 cm³/mol. The van der Waals surface area contributed by atoms with Crippen LogP contribution in [-0.2, 0) is 11.2 Å². The van der Waals surface area contributed by atoms with Gasteiger partial charge in [0.25, 0.3) is 5.56 Å². The molecule has 2 aromatic carbocycles. The lowest BCUT2D eigenvalue weighted by atomic mass is 9.87. The fourth-order valence-electron chi connectivity index (χ4n) is 4.73. The van der Waals surface area contributed by atoms with Crippen molar-refractivity contribution in [1.29, 1.82) is 0 Å². The third-order valence-corrected chi connectivity index (χ3v) is 7.55. The summed E-state index contributed by atoms with van der Waals surface area (Å²) in [4.78, 5) is 26.8. The van der Waals surface area contributed by atoms with E-state index in [1.807, 2.05) is 50.2 Å². The van der Waals surface area contributed by atoms with E-state index in [1.54, 1.807) is 11.3 Å². The predicted octanol–water partition coefficient (Wildman–Crippen LogP) is 5.06. The van der Waals surface area contributed by atoms with Crippen molar-refractivity contribution in [1.82, 2.24) is 15.1 Å². The van der Waals surface area contributed by atoms with Gasteiger partial charge in [-0.25, -0.2) is 4.68 Å². The minimum atomic E-state index is -0.636. The molecule has 2 heterocycles. The Morgan fingerprint density at radius 2 is 2.00 bits per heavy atom. The molecule has 5 rings (SSSR count). The molecule has 1 aliphatic carbocycles. The van der Waals surface area contributed by atoms with Crippen molar-refractivity contribution in [2.24, 2.45) is 0 Å². The van der Waals surface area contributed by atoms with E-state index in [4.69, 9.17) is 0 Å². The molecule has 158 valence electrons. The number of amides is 1. The van der Waals surface area contributed by atoms with E-state index in [1.165, 1.54) is 15.8 Å². The van der Waals surface area contributed by atoms with E-state index in [9.17, 15) is 9.59 Å². The number of fused-ring (bicyclic) bond motifs is 4. The van der Waals surface area contributed by atoms with Crippen LogP contribution < -0.4 is 10.9 Å². The van der Waals surface area contributed by atoms with Gasteiger partial charge in [-0.05, 0) is 49.8 Å². The second-order valence-corrected chi connectivity index (χ2v) is 9.27. The molecule has 6 heteroatoms. The van der Waals surface area contributed by atoms with Crippen LogP contribution >= 0.6 is 11.3 Å². The Hall–Kier alpha value is -2.99. The summed E-state index contributed by atoms with van der Waals surface area (Å²) in [5.74, 6) is -0.142. The highest BCUT2D eigenvalue weighted by molar-refractivity contribution is 7.26. The molecule has 0 radical (unpaired) electrons. The molecule has 0 aliphatic heterocycles. The van der Waals surface area contributed by atoms with E-state index in [0.29, 0.717) is 11.8 Å². The van der Waals surface area contributed by atoms with Crippen molar-refractivity contribution in [3.63, 3.8) is 0 Å². The standard InChI is InChI=1S/C25H25N3O2S/c1-3-20(24(29)26-19-13-8-10-16-9-4-5-11-17(16)19)28-25(30)22-18-12-6-7-14-21(18)31-23(22)15(2)27-28/h4-7,9,11-12,14,19-20H,3,8,10,13H2,1-2H3,(H,26,29)/t19-,20+/m0/s1. The number of benzene rings is 2. The number of aryl methyl sites for hydroxylation is 2. The summed E-state index contributed by atoms with van der Waals surface area (Å²) in [6.07, 6.45) is 3.50. The highest BCUT2D eigenvalue weighted by Gasteiger charge is 2.28. The van der Waals surface area contributed by atoms with Gasteiger partial charge in [-0.2, -0.15) is 5.10 Å². The summed E-state index contributed by atoms with van der Waals surface area (Å²) in [6, 6.07) is 15.6. The minimum absolute atomic E-state index is 0.0194. The Bertz CT molecular complexity index is 1350. The maximum atomic E-state index is 13.5. The van der Waals surface area contributed by atoms with Crippen LogP contribution in [0.1, 0.15) is 55.1 Å². The quantitative estimate of drug-likeness (QED) is 0.491. The number of aromatic nitrogens is 2. The molecular formula is C25H25N3O2S. The third kappa shape index (κ3) is 3.35. The molecular weight excluding hydrogens is 406 g/mol. The number of rotatable bonds is 4. The van der Waals surface area contributed by atoms with Gasteiger partial charge in [-0.3, -0.25) is 9.59 Å². The van der Waals surface area contributed by atoms with Crippen LogP contribution in [0.4, 0.5) is 0 Å².